The number of rotatable bonds is 8. The molecule has 0 fully saturated rings. The quantitative estimate of drug-likeness (QED) is 0.156. The summed E-state index contributed by atoms with van der Waals surface area (Å²) >= 11 is 3.31. The molecule has 0 radical (unpaired) electrons. The van der Waals surface area contributed by atoms with E-state index in [-0.39, 0.29) is 24.5 Å². The van der Waals surface area contributed by atoms with Gasteiger partial charge in [0.25, 0.3) is 5.69 Å². The summed E-state index contributed by atoms with van der Waals surface area (Å²) in [5.41, 5.74) is 1.10. The Labute approximate surface area is 158 Å². The first kappa shape index (κ1) is 19.5. The molecule has 26 heavy (non-hydrogen) atoms. The van der Waals surface area contributed by atoms with Crippen molar-refractivity contribution in [1.82, 2.24) is 0 Å². The van der Waals surface area contributed by atoms with Crippen molar-refractivity contribution in [3.63, 3.8) is 0 Å². The molecular formula is C19H16BrNO5. The molecule has 7 heteroatoms. The van der Waals surface area contributed by atoms with Gasteiger partial charge in [-0.1, -0.05) is 40.2 Å². The van der Waals surface area contributed by atoms with Gasteiger partial charge in [0.15, 0.2) is 5.78 Å². The molecule has 2 aromatic carbocycles. The third kappa shape index (κ3) is 6.25. The zero-order chi connectivity index (χ0) is 18.9. The molecule has 0 aliphatic heterocycles. The molecule has 0 saturated heterocycles. The van der Waals surface area contributed by atoms with Crippen LogP contribution in [0, 0.1) is 10.1 Å². The molecule has 0 amide bonds. The number of benzene rings is 2. The molecular weight excluding hydrogens is 402 g/mol. The van der Waals surface area contributed by atoms with E-state index in [1.54, 1.807) is 30.3 Å². The van der Waals surface area contributed by atoms with E-state index in [9.17, 15) is 19.7 Å². The van der Waals surface area contributed by atoms with Crippen LogP contribution in [0.4, 0.5) is 5.69 Å². The highest BCUT2D eigenvalue weighted by atomic mass is 79.9. The Kier molecular flexibility index (Phi) is 7.23. The molecule has 0 aliphatic rings. The number of nitrogens with zero attached hydrogens (tertiary/aromatic N) is 1. The van der Waals surface area contributed by atoms with Gasteiger partial charge in [-0.25, -0.2) is 4.79 Å². The van der Waals surface area contributed by atoms with Gasteiger partial charge in [0.05, 0.1) is 11.5 Å². The van der Waals surface area contributed by atoms with Crippen LogP contribution in [0.25, 0.3) is 6.08 Å². The van der Waals surface area contributed by atoms with E-state index in [1.165, 1.54) is 30.4 Å². The largest absolute Gasteiger partial charge is 0.463 e. The van der Waals surface area contributed by atoms with Crippen molar-refractivity contribution in [2.24, 2.45) is 0 Å². The summed E-state index contributed by atoms with van der Waals surface area (Å²) in [6, 6.07) is 13.0. The summed E-state index contributed by atoms with van der Waals surface area (Å²) in [7, 11) is 0. The van der Waals surface area contributed by atoms with E-state index in [4.69, 9.17) is 4.74 Å². The van der Waals surface area contributed by atoms with Crippen LogP contribution in [-0.4, -0.2) is 23.3 Å². The SMILES string of the molecule is O=C(/C=C/c1cccc([N+](=O)[O-])c1)OCCCC(=O)c1ccc(Br)cc1. The third-order valence-corrected chi connectivity index (χ3v) is 3.98. The maximum absolute atomic E-state index is 12.0. The number of halogens is 1. The number of carbonyl (C=O) groups is 2. The minimum absolute atomic E-state index is 0.0133. The van der Waals surface area contributed by atoms with Gasteiger partial charge in [-0.2, -0.15) is 0 Å². The topological polar surface area (TPSA) is 86.5 Å². The van der Waals surface area contributed by atoms with E-state index in [0.717, 1.165) is 4.47 Å². The smallest absolute Gasteiger partial charge is 0.330 e. The van der Waals surface area contributed by atoms with E-state index >= 15 is 0 Å². The number of carbonyl (C=O) groups excluding carboxylic acids is 2. The molecule has 0 saturated carbocycles. The maximum atomic E-state index is 12.0. The van der Waals surface area contributed by atoms with Gasteiger partial charge in [0.2, 0.25) is 0 Å². The molecule has 0 unspecified atom stereocenters. The summed E-state index contributed by atoms with van der Waals surface area (Å²) in [5.74, 6) is -0.576. The number of hydrogen-bond donors (Lipinski definition) is 0. The summed E-state index contributed by atoms with van der Waals surface area (Å²) in [6.45, 7) is 0.125. The molecule has 134 valence electrons. The number of nitro benzene ring substituents is 1. The van der Waals surface area contributed by atoms with Crippen LogP contribution >= 0.6 is 15.9 Å². The van der Waals surface area contributed by atoms with Crippen LogP contribution in [0.15, 0.2) is 59.1 Å². The van der Waals surface area contributed by atoms with Gasteiger partial charge >= 0.3 is 5.97 Å². The van der Waals surface area contributed by atoms with Crippen LogP contribution in [0.5, 0.6) is 0 Å². The molecule has 0 N–H and O–H groups in total. The number of Topliss-reactive ketones (excluding diaryl/α,β-unsaturated/α-hetero) is 1. The van der Waals surface area contributed by atoms with Crippen molar-refractivity contribution in [1.29, 1.82) is 0 Å². The highest BCUT2D eigenvalue weighted by Crippen LogP contribution is 2.14. The van der Waals surface area contributed by atoms with Crippen molar-refractivity contribution in [2.45, 2.75) is 12.8 Å². The lowest BCUT2D eigenvalue weighted by molar-refractivity contribution is -0.384. The van der Waals surface area contributed by atoms with Gasteiger partial charge in [-0.3, -0.25) is 14.9 Å². The predicted octanol–water partition coefficient (Wildman–Crippen LogP) is 4.58. The fourth-order valence-electron chi connectivity index (χ4n) is 2.14. The number of non-ortho nitro benzene ring substituents is 1. The number of ketones is 1. The van der Waals surface area contributed by atoms with Gasteiger partial charge in [0, 0.05) is 34.7 Å². The van der Waals surface area contributed by atoms with Gasteiger partial charge < -0.3 is 4.74 Å². The van der Waals surface area contributed by atoms with Crippen molar-refractivity contribution in [3.05, 3.63) is 80.3 Å². The first-order valence-electron chi connectivity index (χ1n) is 7.84. The monoisotopic (exact) mass is 417 g/mol. The number of nitro groups is 1. The Hall–Kier alpha value is -2.80. The maximum Gasteiger partial charge on any atom is 0.330 e. The standard InChI is InChI=1S/C19H16BrNO5/c20-16-9-7-15(8-10-16)18(22)5-2-12-26-19(23)11-6-14-3-1-4-17(13-14)21(24)25/h1,3-4,6-11,13H,2,5,12H2/b11-6+. The Morgan fingerprint density at radius 2 is 1.88 bits per heavy atom. The molecule has 6 nitrogen and oxygen atoms in total. The van der Waals surface area contributed by atoms with E-state index < -0.39 is 10.9 Å². The van der Waals surface area contributed by atoms with Gasteiger partial charge in [0.1, 0.15) is 0 Å². The Bertz CT molecular complexity index is 830. The highest BCUT2D eigenvalue weighted by molar-refractivity contribution is 9.10. The Morgan fingerprint density at radius 1 is 1.15 bits per heavy atom. The van der Waals surface area contributed by atoms with Crippen LogP contribution in [0.3, 0.4) is 0 Å². The second-order valence-corrected chi connectivity index (χ2v) is 6.30. The zero-order valence-corrected chi connectivity index (χ0v) is 15.3. The lowest BCUT2D eigenvalue weighted by Crippen LogP contribution is -2.05. The van der Waals surface area contributed by atoms with Crippen LogP contribution in [0.1, 0.15) is 28.8 Å². The molecule has 0 aliphatic carbocycles. The second kappa shape index (κ2) is 9.62. The lowest BCUT2D eigenvalue weighted by Gasteiger charge is -2.03. The lowest BCUT2D eigenvalue weighted by atomic mass is 10.1. The normalized spacial score (nSPS) is 10.7. The van der Waals surface area contributed by atoms with Crippen molar-refractivity contribution >= 4 is 39.4 Å². The number of esters is 1. The second-order valence-electron chi connectivity index (χ2n) is 5.39. The highest BCUT2D eigenvalue weighted by Gasteiger charge is 2.07. The minimum atomic E-state index is -0.562. The summed E-state index contributed by atoms with van der Waals surface area (Å²) < 4.78 is 5.93. The average molecular weight is 418 g/mol. The van der Waals surface area contributed by atoms with Gasteiger partial charge in [-0.05, 0) is 30.2 Å². The summed E-state index contributed by atoms with van der Waals surface area (Å²) in [6.07, 6.45) is 3.35. The first-order chi connectivity index (χ1) is 12.5. The van der Waals surface area contributed by atoms with E-state index in [0.29, 0.717) is 17.5 Å². The van der Waals surface area contributed by atoms with Crippen LogP contribution in [-0.2, 0) is 9.53 Å². The number of ether oxygens (including phenoxy) is 1. The minimum Gasteiger partial charge on any atom is -0.463 e. The fourth-order valence-corrected chi connectivity index (χ4v) is 2.40. The molecule has 0 bridgehead atoms. The van der Waals surface area contributed by atoms with E-state index in [2.05, 4.69) is 15.9 Å². The summed E-state index contributed by atoms with van der Waals surface area (Å²) in [5, 5.41) is 10.7. The van der Waals surface area contributed by atoms with E-state index in [1.807, 2.05) is 0 Å². The zero-order valence-electron chi connectivity index (χ0n) is 13.8. The van der Waals surface area contributed by atoms with Crippen molar-refractivity contribution in [2.75, 3.05) is 6.61 Å². The fraction of sp³-hybridized carbons (Fsp3) is 0.158. The Morgan fingerprint density at radius 3 is 2.58 bits per heavy atom. The summed E-state index contributed by atoms with van der Waals surface area (Å²) in [4.78, 5) is 33.8. The Balaban J connectivity index is 1.75. The molecule has 0 aromatic heterocycles. The average Bonchev–Trinajstić information content (AvgIpc) is 2.64. The number of hydrogen-bond acceptors (Lipinski definition) is 5. The molecule has 2 aromatic rings. The first-order valence-corrected chi connectivity index (χ1v) is 8.63. The predicted molar refractivity (Wildman–Crippen MR) is 101 cm³/mol. The third-order valence-electron chi connectivity index (χ3n) is 3.45. The van der Waals surface area contributed by atoms with Gasteiger partial charge in [-0.15, -0.1) is 0 Å². The molecule has 0 heterocycles. The van der Waals surface area contributed by atoms with Crippen molar-refractivity contribution in [3.8, 4) is 0 Å². The molecule has 0 atom stereocenters. The van der Waals surface area contributed by atoms with Crippen LogP contribution < -0.4 is 0 Å². The molecule has 0 spiro atoms. The molecule has 2 rings (SSSR count). The van der Waals surface area contributed by atoms with Crippen molar-refractivity contribution < 1.29 is 19.2 Å². The van der Waals surface area contributed by atoms with Crippen LogP contribution in [0.2, 0.25) is 0 Å².